The summed E-state index contributed by atoms with van der Waals surface area (Å²) in [4.78, 5) is 32.7. The maximum Gasteiger partial charge on any atom is 0.270 e. The van der Waals surface area contributed by atoms with Crippen LogP contribution in [0.1, 0.15) is 37.7 Å². The number of carbonyl (C=O) groups excluding carboxylic acids is 2. The molecule has 1 aromatic heterocycles. The SMILES string of the molecule is O=C(NCc1ccc(F)c(Cl)c1)c1cc(C(=O)NCc2ccc3c(c2)CCO3)ncn1. The Morgan fingerprint density at radius 2 is 1.61 bits per heavy atom. The smallest absolute Gasteiger partial charge is 0.270 e. The van der Waals surface area contributed by atoms with Crippen molar-refractivity contribution in [2.24, 2.45) is 0 Å². The molecule has 0 radical (unpaired) electrons. The molecule has 31 heavy (non-hydrogen) atoms. The van der Waals surface area contributed by atoms with E-state index in [4.69, 9.17) is 16.3 Å². The molecule has 1 aliphatic rings. The van der Waals surface area contributed by atoms with Gasteiger partial charge in [-0.3, -0.25) is 9.59 Å². The first-order valence-electron chi connectivity index (χ1n) is 9.56. The van der Waals surface area contributed by atoms with Gasteiger partial charge in [-0.05, 0) is 34.9 Å². The number of halogens is 2. The molecule has 7 nitrogen and oxygen atoms in total. The molecule has 2 heterocycles. The Labute approximate surface area is 182 Å². The molecular formula is C22H18ClFN4O3. The van der Waals surface area contributed by atoms with Gasteiger partial charge in [0.05, 0.1) is 11.6 Å². The van der Waals surface area contributed by atoms with Gasteiger partial charge in [0, 0.05) is 25.6 Å². The lowest BCUT2D eigenvalue weighted by Crippen LogP contribution is -2.27. The standard InChI is InChI=1S/C22H18ClFN4O3/c23-16-8-14(1-3-17(16)24)11-26-22(30)19-9-18(27-12-28-19)21(29)25-10-13-2-4-20-15(7-13)5-6-31-20/h1-4,7-9,12H,5-6,10-11H2,(H,25,29)(H,26,30). The van der Waals surface area contributed by atoms with E-state index in [1.807, 2.05) is 18.2 Å². The molecule has 3 aromatic rings. The van der Waals surface area contributed by atoms with E-state index in [9.17, 15) is 14.0 Å². The fourth-order valence-corrected chi connectivity index (χ4v) is 3.35. The number of rotatable bonds is 6. The fraction of sp³-hybridized carbons (Fsp3) is 0.182. The predicted molar refractivity (Wildman–Crippen MR) is 111 cm³/mol. The van der Waals surface area contributed by atoms with Gasteiger partial charge in [-0.15, -0.1) is 0 Å². The zero-order valence-corrected chi connectivity index (χ0v) is 17.1. The third-order valence-corrected chi connectivity index (χ3v) is 5.07. The van der Waals surface area contributed by atoms with E-state index in [1.165, 1.54) is 24.3 Å². The van der Waals surface area contributed by atoms with Crippen molar-refractivity contribution in [1.29, 1.82) is 0 Å². The van der Waals surface area contributed by atoms with Crippen molar-refractivity contribution in [2.75, 3.05) is 6.61 Å². The quantitative estimate of drug-likeness (QED) is 0.614. The van der Waals surface area contributed by atoms with Crippen molar-refractivity contribution < 1.29 is 18.7 Å². The normalized spacial score (nSPS) is 12.1. The fourth-order valence-electron chi connectivity index (χ4n) is 3.15. The zero-order valence-electron chi connectivity index (χ0n) is 16.3. The van der Waals surface area contributed by atoms with Crippen LogP contribution in [0.15, 0.2) is 48.8 Å². The third kappa shape index (κ3) is 4.97. The Hall–Kier alpha value is -3.52. The summed E-state index contributed by atoms with van der Waals surface area (Å²) in [6, 6.07) is 11.3. The zero-order chi connectivity index (χ0) is 21.8. The molecule has 0 atom stereocenters. The lowest BCUT2D eigenvalue weighted by atomic mass is 10.1. The van der Waals surface area contributed by atoms with E-state index >= 15 is 0 Å². The number of nitrogens with zero attached hydrogens (tertiary/aromatic N) is 2. The minimum atomic E-state index is -0.531. The number of benzene rings is 2. The summed E-state index contributed by atoms with van der Waals surface area (Å²) in [7, 11) is 0. The molecular weight excluding hydrogens is 423 g/mol. The monoisotopic (exact) mass is 440 g/mol. The van der Waals surface area contributed by atoms with Crippen LogP contribution in [-0.2, 0) is 19.5 Å². The van der Waals surface area contributed by atoms with E-state index in [0.717, 1.165) is 29.6 Å². The molecule has 2 N–H and O–H groups in total. The molecule has 9 heteroatoms. The summed E-state index contributed by atoms with van der Waals surface area (Å²) < 4.78 is 18.7. The number of aromatic nitrogens is 2. The highest BCUT2D eigenvalue weighted by Gasteiger charge is 2.15. The minimum Gasteiger partial charge on any atom is -0.493 e. The molecule has 4 rings (SSSR count). The lowest BCUT2D eigenvalue weighted by Gasteiger charge is -2.08. The molecule has 0 aliphatic carbocycles. The molecule has 2 aromatic carbocycles. The van der Waals surface area contributed by atoms with Gasteiger partial charge in [-0.2, -0.15) is 0 Å². The molecule has 2 amide bonds. The van der Waals surface area contributed by atoms with Crippen LogP contribution in [0.5, 0.6) is 5.75 Å². The number of carbonyl (C=O) groups is 2. The molecule has 158 valence electrons. The van der Waals surface area contributed by atoms with Gasteiger partial charge in [0.15, 0.2) is 0 Å². The summed E-state index contributed by atoms with van der Waals surface area (Å²) >= 11 is 5.74. The average Bonchev–Trinajstić information content (AvgIpc) is 3.26. The topological polar surface area (TPSA) is 93.2 Å². The molecule has 0 fully saturated rings. The maximum atomic E-state index is 13.2. The summed E-state index contributed by atoms with van der Waals surface area (Å²) in [5, 5.41) is 5.42. The van der Waals surface area contributed by atoms with Gasteiger partial charge in [-0.25, -0.2) is 14.4 Å². The second kappa shape index (κ2) is 9.09. The van der Waals surface area contributed by atoms with Crippen LogP contribution in [0, 0.1) is 5.82 Å². The van der Waals surface area contributed by atoms with E-state index in [1.54, 1.807) is 0 Å². The molecule has 0 saturated heterocycles. The summed E-state index contributed by atoms with van der Waals surface area (Å²) in [6.07, 6.45) is 2.01. The third-order valence-electron chi connectivity index (χ3n) is 4.78. The molecule has 0 unspecified atom stereocenters. The van der Waals surface area contributed by atoms with Crippen molar-refractivity contribution in [1.82, 2.24) is 20.6 Å². The van der Waals surface area contributed by atoms with Gasteiger partial charge in [0.25, 0.3) is 11.8 Å². The van der Waals surface area contributed by atoms with E-state index in [2.05, 4.69) is 20.6 Å². The van der Waals surface area contributed by atoms with Crippen LogP contribution in [0.2, 0.25) is 5.02 Å². The number of amides is 2. The summed E-state index contributed by atoms with van der Waals surface area (Å²) in [5.74, 6) is -0.560. The van der Waals surface area contributed by atoms with Crippen molar-refractivity contribution in [3.8, 4) is 5.75 Å². The van der Waals surface area contributed by atoms with Crippen molar-refractivity contribution in [2.45, 2.75) is 19.5 Å². The number of hydrogen-bond donors (Lipinski definition) is 2. The predicted octanol–water partition coefficient (Wildman–Crippen LogP) is 3.06. The van der Waals surface area contributed by atoms with Crippen molar-refractivity contribution >= 4 is 23.4 Å². The summed E-state index contributed by atoms with van der Waals surface area (Å²) in [5.41, 5.74) is 2.82. The Morgan fingerprint density at radius 3 is 2.29 bits per heavy atom. The highest BCUT2D eigenvalue weighted by atomic mass is 35.5. The lowest BCUT2D eigenvalue weighted by molar-refractivity contribution is 0.0944. The van der Waals surface area contributed by atoms with Gasteiger partial charge in [0.2, 0.25) is 0 Å². The first-order chi connectivity index (χ1) is 15.0. The first-order valence-corrected chi connectivity index (χ1v) is 9.94. The number of ether oxygens (including phenoxy) is 1. The van der Waals surface area contributed by atoms with Crippen molar-refractivity contribution in [3.05, 3.63) is 87.7 Å². The van der Waals surface area contributed by atoms with Crippen LogP contribution in [0.3, 0.4) is 0 Å². The highest BCUT2D eigenvalue weighted by Crippen LogP contribution is 2.25. The van der Waals surface area contributed by atoms with Crippen LogP contribution in [0.25, 0.3) is 0 Å². The second-order valence-corrected chi connectivity index (χ2v) is 7.35. The molecule has 0 spiro atoms. The van der Waals surface area contributed by atoms with Crippen LogP contribution < -0.4 is 15.4 Å². The number of hydrogen-bond acceptors (Lipinski definition) is 5. The summed E-state index contributed by atoms with van der Waals surface area (Å²) in [6.45, 7) is 1.13. The van der Waals surface area contributed by atoms with Crippen LogP contribution >= 0.6 is 11.6 Å². The number of nitrogens with one attached hydrogen (secondary N) is 2. The van der Waals surface area contributed by atoms with Crippen LogP contribution in [-0.4, -0.2) is 28.4 Å². The Morgan fingerprint density at radius 1 is 0.968 bits per heavy atom. The Balaban J connectivity index is 1.36. The van der Waals surface area contributed by atoms with Crippen LogP contribution in [0.4, 0.5) is 4.39 Å². The van der Waals surface area contributed by atoms with Gasteiger partial charge in [-0.1, -0.05) is 29.8 Å². The average molecular weight is 441 g/mol. The minimum absolute atomic E-state index is 0.0244. The van der Waals surface area contributed by atoms with E-state index in [-0.39, 0.29) is 23.0 Å². The van der Waals surface area contributed by atoms with Gasteiger partial charge >= 0.3 is 0 Å². The molecule has 0 bridgehead atoms. The van der Waals surface area contributed by atoms with E-state index in [0.29, 0.717) is 18.7 Å². The van der Waals surface area contributed by atoms with Crippen molar-refractivity contribution in [3.63, 3.8) is 0 Å². The van der Waals surface area contributed by atoms with E-state index < -0.39 is 17.6 Å². The molecule has 0 saturated carbocycles. The molecule has 1 aliphatic heterocycles. The Bertz CT molecular complexity index is 1160. The largest absolute Gasteiger partial charge is 0.493 e. The van der Waals surface area contributed by atoms with Gasteiger partial charge in [0.1, 0.15) is 29.3 Å². The first kappa shape index (κ1) is 20.7. The number of fused-ring (bicyclic) bond motifs is 1. The Kier molecular flexibility index (Phi) is 6.08. The second-order valence-electron chi connectivity index (χ2n) is 6.94. The maximum absolute atomic E-state index is 13.2. The highest BCUT2D eigenvalue weighted by molar-refractivity contribution is 6.30. The van der Waals surface area contributed by atoms with Gasteiger partial charge < -0.3 is 15.4 Å².